The van der Waals surface area contributed by atoms with Crippen LogP contribution in [0.3, 0.4) is 0 Å². The summed E-state index contributed by atoms with van der Waals surface area (Å²) in [6.45, 7) is 1.43. The number of amides is 2. The molecule has 7 heteroatoms. The second kappa shape index (κ2) is 8.02. The van der Waals surface area contributed by atoms with Crippen LogP contribution < -0.4 is 10.6 Å². The smallest absolute Gasteiger partial charge is 0.314 e. The average molecular weight is 308 g/mol. The predicted octanol–water partition coefficient (Wildman–Crippen LogP) is 1.09. The number of hydrogen-bond acceptors (Lipinski definition) is 3. The standard InChI is InChI=1S/C15H20N2O5/c1-15(13(20)21,9-12(18)19)10-17-14(22)16-8-7-11-5-3-2-4-6-11/h2-6H,7-10H2,1H3,(H,18,19)(H,20,21)(H2,16,17,22). The van der Waals surface area contributed by atoms with E-state index in [1.807, 2.05) is 30.3 Å². The molecule has 1 rings (SSSR count). The van der Waals surface area contributed by atoms with Crippen molar-refractivity contribution in [3.63, 3.8) is 0 Å². The van der Waals surface area contributed by atoms with Crippen LogP contribution in [0.25, 0.3) is 0 Å². The molecule has 0 bridgehead atoms. The second-order valence-corrected chi connectivity index (χ2v) is 5.28. The van der Waals surface area contributed by atoms with E-state index in [-0.39, 0.29) is 6.54 Å². The molecule has 0 fully saturated rings. The van der Waals surface area contributed by atoms with Gasteiger partial charge in [0, 0.05) is 13.1 Å². The van der Waals surface area contributed by atoms with Crippen LogP contribution in [-0.2, 0) is 16.0 Å². The SMILES string of the molecule is CC(CNC(=O)NCCc1ccccc1)(CC(=O)O)C(=O)O. The molecule has 0 aliphatic rings. The Balaban J connectivity index is 2.38. The summed E-state index contributed by atoms with van der Waals surface area (Å²) in [6.07, 6.45) is 0.0895. The summed E-state index contributed by atoms with van der Waals surface area (Å²) in [6, 6.07) is 9.06. The van der Waals surface area contributed by atoms with Crippen LogP contribution in [0.4, 0.5) is 4.79 Å². The lowest BCUT2D eigenvalue weighted by Crippen LogP contribution is -2.46. The van der Waals surface area contributed by atoms with Gasteiger partial charge in [-0.1, -0.05) is 30.3 Å². The van der Waals surface area contributed by atoms with Gasteiger partial charge in [-0.05, 0) is 18.9 Å². The van der Waals surface area contributed by atoms with Gasteiger partial charge in [-0.2, -0.15) is 0 Å². The third-order valence-electron chi connectivity index (χ3n) is 3.24. The monoisotopic (exact) mass is 308 g/mol. The van der Waals surface area contributed by atoms with Gasteiger partial charge >= 0.3 is 18.0 Å². The first-order chi connectivity index (χ1) is 10.3. The maximum Gasteiger partial charge on any atom is 0.314 e. The lowest BCUT2D eigenvalue weighted by Gasteiger charge is -2.23. The number of benzene rings is 1. The fraction of sp³-hybridized carbons (Fsp3) is 0.400. The molecule has 0 aliphatic heterocycles. The Kier molecular flexibility index (Phi) is 6.37. The normalized spacial score (nSPS) is 13.0. The molecular formula is C15H20N2O5. The molecule has 1 aromatic rings. The van der Waals surface area contributed by atoms with Crippen molar-refractivity contribution in [2.75, 3.05) is 13.1 Å². The maximum atomic E-state index is 11.6. The molecule has 1 atom stereocenters. The van der Waals surface area contributed by atoms with E-state index in [4.69, 9.17) is 10.2 Å². The molecule has 1 aromatic carbocycles. The minimum absolute atomic E-state index is 0.258. The number of carbonyl (C=O) groups is 3. The van der Waals surface area contributed by atoms with Crippen molar-refractivity contribution in [1.82, 2.24) is 10.6 Å². The highest BCUT2D eigenvalue weighted by Crippen LogP contribution is 2.20. The van der Waals surface area contributed by atoms with Crippen molar-refractivity contribution >= 4 is 18.0 Å². The molecule has 22 heavy (non-hydrogen) atoms. The Morgan fingerprint density at radius 1 is 1.09 bits per heavy atom. The molecule has 0 aromatic heterocycles. The topological polar surface area (TPSA) is 116 Å². The summed E-state index contributed by atoms with van der Waals surface area (Å²) in [4.78, 5) is 33.5. The minimum atomic E-state index is -1.54. The van der Waals surface area contributed by atoms with Crippen LogP contribution in [-0.4, -0.2) is 41.3 Å². The van der Waals surface area contributed by atoms with Crippen molar-refractivity contribution in [3.8, 4) is 0 Å². The summed E-state index contributed by atoms with van der Waals surface area (Å²) in [7, 11) is 0. The highest BCUT2D eigenvalue weighted by atomic mass is 16.4. The number of rotatable bonds is 8. The van der Waals surface area contributed by atoms with Gasteiger partial charge in [0.25, 0.3) is 0 Å². The van der Waals surface area contributed by atoms with Gasteiger partial charge in [0.1, 0.15) is 0 Å². The van der Waals surface area contributed by atoms with Gasteiger partial charge in [0.2, 0.25) is 0 Å². The third kappa shape index (κ3) is 5.82. The van der Waals surface area contributed by atoms with Gasteiger partial charge in [0.15, 0.2) is 0 Å². The fourth-order valence-electron chi connectivity index (χ4n) is 1.85. The minimum Gasteiger partial charge on any atom is -0.481 e. The van der Waals surface area contributed by atoms with E-state index in [2.05, 4.69) is 10.6 Å². The second-order valence-electron chi connectivity index (χ2n) is 5.28. The zero-order chi connectivity index (χ0) is 16.6. The van der Waals surface area contributed by atoms with Crippen molar-refractivity contribution in [3.05, 3.63) is 35.9 Å². The Bertz CT molecular complexity index is 532. The van der Waals surface area contributed by atoms with Crippen LogP contribution >= 0.6 is 0 Å². The van der Waals surface area contributed by atoms with Crippen molar-refractivity contribution < 1.29 is 24.6 Å². The summed E-state index contributed by atoms with van der Waals surface area (Å²) < 4.78 is 0. The van der Waals surface area contributed by atoms with E-state index in [1.165, 1.54) is 6.92 Å². The fourth-order valence-corrected chi connectivity index (χ4v) is 1.85. The zero-order valence-electron chi connectivity index (χ0n) is 12.3. The highest BCUT2D eigenvalue weighted by Gasteiger charge is 2.36. The molecule has 2 amide bonds. The number of carbonyl (C=O) groups excluding carboxylic acids is 1. The van der Waals surface area contributed by atoms with E-state index in [1.54, 1.807) is 0 Å². The highest BCUT2D eigenvalue weighted by molar-refractivity contribution is 5.82. The summed E-state index contributed by atoms with van der Waals surface area (Å²) >= 11 is 0. The van der Waals surface area contributed by atoms with E-state index in [9.17, 15) is 14.4 Å². The molecule has 0 saturated carbocycles. The molecule has 1 unspecified atom stereocenters. The molecule has 0 saturated heterocycles. The van der Waals surface area contributed by atoms with Gasteiger partial charge in [-0.3, -0.25) is 9.59 Å². The quantitative estimate of drug-likeness (QED) is 0.574. The van der Waals surface area contributed by atoms with Crippen LogP contribution in [0, 0.1) is 5.41 Å². The predicted molar refractivity (Wildman–Crippen MR) is 79.5 cm³/mol. The molecule has 0 spiro atoms. The Labute approximate surface area is 128 Å². The molecule has 7 nitrogen and oxygen atoms in total. The van der Waals surface area contributed by atoms with Gasteiger partial charge < -0.3 is 20.8 Å². The van der Waals surface area contributed by atoms with Crippen molar-refractivity contribution in [1.29, 1.82) is 0 Å². The van der Waals surface area contributed by atoms with Crippen LogP contribution in [0.15, 0.2) is 30.3 Å². The van der Waals surface area contributed by atoms with E-state index in [0.29, 0.717) is 13.0 Å². The van der Waals surface area contributed by atoms with Crippen molar-refractivity contribution in [2.45, 2.75) is 19.8 Å². The number of aliphatic carboxylic acids is 2. The lowest BCUT2D eigenvalue weighted by molar-refractivity contribution is -0.154. The number of urea groups is 1. The van der Waals surface area contributed by atoms with E-state index >= 15 is 0 Å². The molecular weight excluding hydrogens is 288 g/mol. The lowest BCUT2D eigenvalue weighted by atomic mass is 9.87. The first-order valence-corrected chi connectivity index (χ1v) is 6.84. The Morgan fingerprint density at radius 2 is 1.73 bits per heavy atom. The third-order valence-corrected chi connectivity index (χ3v) is 3.24. The average Bonchev–Trinajstić information content (AvgIpc) is 2.45. The van der Waals surface area contributed by atoms with E-state index in [0.717, 1.165) is 5.56 Å². The molecule has 120 valence electrons. The summed E-state index contributed by atoms with van der Waals surface area (Å²) in [5, 5.41) is 22.8. The molecule has 4 N–H and O–H groups in total. The first kappa shape index (κ1) is 17.5. The van der Waals surface area contributed by atoms with Gasteiger partial charge in [0.05, 0.1) is 11.8 Å². The maximum absolute atomic E-state index is 11.6. The zero-order valence-corrected chi connectivity index (χ0v) is 12.3. The number of hydrogen-bond donors (Lipinski definition) is 4. The van der Waals surface area contributed by atoms with Crippen LogP contribution in [0.1, 0.15) is 18.9 Å². The number of carboxylic acids is 2. The molecule has 0 radical (unpaired) electrons. The Hall–Kier alpha value is -2.57. The molecule has 0 aliphatic carbocycles. The first-order valence-electron chi connectivity index (χ1n) is 6.84. The summed E-state index contributed by atoms with van der Waals surface area (Å²) in [5.74, 6) is -2.49. The Morgan fingerprint density at radius 3 is 2.27 bits per heavy atom. The molecule has 0 heterocycles. The van der Waals surface area contributed by atoms with Crippen LogP contribution in [0.2, 0.25) is 0 Å². The van der Waals surface area contributed by atoms with Gasteiger partial charge in [-0.25, -0.2) is 4.79 Å². The van der Waals surface area contributed by atoms with Crippen molar-refractivity contribution in [2.24, 2.45) is 5.41 Å². The largest absolute Gasteiger partial charge is 0.481 e. The van der Waals surface area contributed by atoms with Crippen LogP contribution in [0.5, 0.6) is 0 Å². The van der Waals surface area contributed by atoms with E-state index < -0.39 is 29.8 Å². The number of carboxylic acid groups (broad SMARTS) is 2. The van der Waals surface area contributed by atoms with Gasteiger partial charge in [-0.15, -0.1) is 0 Å². The summed E-state index contributed by atoms with van der Waals surface area (Å²) in [5.41, 5.74) is -0.466. The number of nitrogens with one attached hydrogen (secondary N) is 2.